The maximum Gasteiger partial charge on any atom is 0.321 e. The van der Waals surface area contributed by atoms with Gasteiger partial charge < -0.3 is 4.74 Å². The van der Waals surface area contributed by atoms with Gasteiger partial charge in [-0.1, -0.05) is 23.2 Å². The van der Waals surface area contributed by atoms with Gasteiger partial charge in [0.1, 0.15) is 5.75 Å². The Labute approximate surface area is 113 Å². The van der Waals surface area contributed by atoms with E-state index in [4.69, 9.17) is 39.5 Å². The average molecular weight is 290 g/mol. The van der Waals surface area contributed by atoms with E-state index in [2.05, 4.69) is 9.97 Å². The highest BCUT2D eigenvalue weighted by molar-refractivity contribution is 6.34. The molecule has 88 valence electrons. The van der Waals surface area contributed by atoms with Gasteiger partial charge >= 0.3 is 6.01 Å². The molecule has 0 N–H and O–H groups in total. The van der Waals surface area contributed by atoms with Crippen molar-refractivity contribution >= 4 is 34.8 Å². The molecule has 0 amide bonds. The van der Waals surface area contributed by atoms with Crippen LogP contribution in [0.1, 0.15) is 5.56 Å². The van der Waals surface area contributed by atoms with Gasteiger partial charge in [-0.3, -0.25) is 0 Å². The highest BCUT2D eigenvalue weighted by Gasteiger charge is 2.03. The molecule has 0 saturated carbocycles. The Morgan fingerprint density at radius 2 is 1.59 bits per heavy atom. The van der Waals surface area contributed by atoms with E-state index in [9.17, 15) is 0 Å². The molecule has 3 nitrogen and oxygen atoms in total. The molecule has 2 rings (SSSR count). The van der Waals surface area contributed by atoms with E-state index in [0.717, 1.165) is 5.56 Å². The van der Waals surface area contributed by atoms with Gasteiger partial charge in [0.2, 0.25) is 0 Å². The molecule has 1 aromatic heterocycles. The molecular formula is C11H7Cl3N2O. The number of ether oxygens (including phenoxy) is 1. The summed E-state index contributed by atoms with van der Waals surface area (Å²) in [5.41, 5.74) is 0.822. The summed E-state index contributed by atoms with van der Waals surface area (Å²) < 4.78 is 5.41. The Morgan fingerprint density at radius 1 is 1.00 bits per heavy atom. The molecule has 2 aromatic rings. The first-order valence-corrected chi connectivity index (χ1v) is 5.97. The van der Waals surface area contributed by atoms with Gasteiger partial charge in [0.15, 0.2) is 0 Å². The number of benzene rings is 1. The fourth-order valence-electron chi connectivity index (χ4n) is 1.16. The van der Waals surface area contributed by atoms with Gasteiger partial charge in [0.25, 0.3) is 0 Å². The lowest BCUT2D eigenvalue weighted by Crippen LogP contribution is -1.92. The summed E-state index contributed by atoms with van der Waals surface area (Å²) in [5, 5.41) is 0.981. The van der Waals surface area contributed by atoms with Gasteiger partial charge in [-0.25, -0.2) is 9.97 Å². The van der Waals surface area contributed by atoms with Gasteiger partial charge in [0, 0.05) is 28.0 Å². The van der Waals surface area contributed by atoms with E-state index in [1.54, 1.807) is 30.6 Å². The molecule has 0 spiro atoms. The van der Waals surface area contributed by atoms with E-state index < -0.39 is 0 Å². The second-order valence-corrected chi connectivity index (χ2v) is 4.35. The predicted octanol–water partition coefficient (Wildman–Crippen LogP) is 4.31. The molecule has 0 atom stereocenters. The summed E-state index contributed by atoms with van der Waals surface area (Å²) in [7, 11) is 0. The molecular weight excluding hydrogens is 282 g/mol. The molecule has 0 aliphatic rings. The van der Waals surface area contributed by atoms with Crippen LogP contribution in [0.3, 0.4) is 0 Å². The van der Waals surface area contributed by atoms with E-state index in [-0.39, 0.29) is 6.01 Å². The van der Waals surface area contributed by atoms with Crippen LogP contribution < -0.4 is 4.74 Å². The van der Waals surface area contributed by atoms with Crippen LogP contribution in [0.4, 0.5) is 0 Å². The van der Waals surface area contributed by atoms with E-state index >= 15 is 0 Å². The molecule has 0 fully saturated rings. The van der Waals surface area contributed by atoms with E-state index in [1.807, 2.05) is 0 Å². The fraction of sp³-hybridized carbons (Fsp3) is 0.0909. The summed E-state index contributed by atoms with van der Waals surface area (Å²) in [6.07, 6.45) is 3.20. The van der Waals surface area contributed by atoms with E-state index in [0.29, 0.717) is 21.7 Å². The van der Waals surface area contributed by atoms with Crippen molar-refractivity contribution in [3.05, 3.63) is 46.2 Å². The molecule has 0 aliphatic carbocycles. The van der Waals surface area contributed by atoms with E-state index in [1.165, 1.54) is 0 Å². The van der Waals surface area contributed by atoms with Crippen LogP contribution in [0.5, 0.6) is 11.8 Å². The third-order valence-corrected chi connectivity index (χ3v) is 2.63. The highest BCUT2D eigenvalue weighted by atomic mass is 35.5. The SMILES string of the molecule is ClCc1cnc(Oc2cc(Cl)cc(Cl)c2)nc1. The number of alkyl halides is 1. The van der Waals surface area contributed by atoms with Crippen molar-refractivity contribution in [2.45, 2.75) is 5.88 Å². The molecule has 0 aliphatic heterocycles. The predicted molar refractivity (Wildman–Crippen MR) is 68.1 cm³/mol. The Balaban J connectivity index is 2.19. The number of hydrogen-bond acceptors (Lipinski definition) is 3. The molecule has 17 heavy (non-hydrogen) atoms. The number of halogens is 3. The van der Waals surface area contributed by atoms with Gasteiger partial charge in [0.05, 0.1) is 5.88 Å². The van der Waals surface area contributed by atoms with Crippen LogP contribution in [0.15, 0.2) is 30.6 Å². The Kier molecular flexibility index (Phi) is 4.05. The van der Waals surface area contributed by atoms with Crippen molar-refractivity contribution in [2.24, 2.45) is 0 Å². The minimum absolute atomic E-state index is 0.220. The summed E-state index contributed by atoms with van der Waals surface area (Å²) in [4.78, 5) is 8.00. The lowest BCUT2D eigenvalue weighted by molar-refractivity contribution is 0.441. The van der Waals surface area contributed by atoms with Gasteiger partial charge in [-0.05, 0) is 18.2 Å². The zero-order valence-electron chi connectivity index (χ0n) is 8.53. The minimum Gasteiger partial charge on any atom is -0.424 e. The Morgan fingerprint density at radius 3 is 2.12 bits per heavy atom. The number of aromatic nitrogens is 2. The van der Waals surface area contributed by atoms with Crippen LogP contribution in [0.2, 0.25) is 10.0 Å². The zero-order chi connectivity index (χ0) is 12.3. The number of rotatable bonds is 3. The first-order chi connectivity index (χ1) is 8.17. The third kappa shape index (κ3) is 3.46. The van der Waals surface area contributed by atoms with Crippen LogP contribution in [-0.2, 0) is 5.88 Å². The first-order valence-electron chi connectivity index (χ1n) is 4.68. The lowest BCUT2D eigenvalue weighted by atomic mass is 10.3. The monoisotopic (exact) mass is 288 g/mol. The quantitative estimate of drug-likeness (QED) is 0.790. The fourth-order valence-corrected chi connectivity index (χ4v) is 1.80. The molecule has 1 heterocycles. The second kappa shape index (κ2) is 5.54. The van der Waals surface area contributed by atoms with Crippen LogP contribution in [0.25, 0.3) is 0 Å². The molecule has 0 radical (unpaired) electrons. The standard InChI is InChI=1S/C11H7Cl3N2O/c12-4-7-5-15-11(16-6-7)17-10-2-8(13)1-9(14)3-10/h1-3,5-6H,4H2. The smallest absolute Gasteiger partial charge is 0.321 e. The zero-order valence-corrected chi connectivity index (χ0v) is 10.8. The van der Waals surface area contributed by atoms with Crippen molar-refractivity contribution in [2.75, 3.05) is 0 Å². The summed E-state index contributed by atoms with van der Waals surface area (Å²) >= 11 is 17.3. The minimum atomic E-state index is 0.220. The molecule has 1 aromatic carbocycles. The Hall–Kier alpha value is -1.03. The topological polar surface area (TPSA) is 35.0 Å². The maximum atomic E-state index is 5.84. The average Bonchev–Trinajstić information content (AvgIpc) is 2.28. The largest absolute Gasteiger partial charge is 0.424 e. The Bertz CT molecular complexity index is 496. The second-order valence-electron chi connectivity index (χ2n) is 3.21. The van der Waals surface area contributed by atoms with Crippen LogP contribution >= 0.6 is 34.8 Å². The van der Waals surface area contributed by atoms with Gasteiger partial charge in [-0.2, -0.15) is 0 Å². The van der Waals surface area contributed by atoms with Crippen molar-refractivity contribution in [1.29, 1.82) is 0 Å². The molecule has 0 saturated heterocycles. The normalized spacial score (nSPS) is 10.3. The van der Waals surface area contributed by atoms with Crippen LogP contribution in [0, 0.1) is 0 Å². The number of nitrogens with zero attached hydrogens (tertiary/aromatic N) is 2. The summed E-state index contributed by atoms with van der Waals surface area (Å²) in [6, 6.07) is 5.10. The maximum absolute atomic E-state index is 5.84. The third-order valence-electron chi connectivity index (χ3n) is 1.88. The summed E-state index contributed by atoms with van der Waals surface area (Å²) in [5.74, 6) is 0.852. The summed E-state index contributed by atoms with van der Waals surface area (Å²) in [6.45, 7) is 0. The highest BCUT2D eigenvalue weighted by Crippen LogP contribution is 2.26. The lowest BCUT2D eigenvalue weighted by Gasteiger charge is -2.04. The van der Waals surface area contributed by atoms with Crippen molar-refractivity contribution in [3.63, 3.8) is 0 Å². The van der Waals surface area contributed by atoms with Crippen molar-refractivity contribution in [3.8, 4) is 11.8 Å². The first kappa shape index (κ1) is 12.4. The van der Waals surface area contributed by atoms with Gasteiger partial charge in [-0.15, -0.1) is 11.6 Å². The van der Waals surface area contributed by atoms with Crippen molar-refractivity contribution in [1.82, 2.24) is 9.97 Å². The molecule has 0 bridgehead atoms. The van der Waals surface area contributed by atoms with Crippen molar-refractivity contribution < 1.29 is 4.74 Å². The van der Waals surface area contributed by atoms with Crippen LogP contribution in [-0.4, -0.2) is 9.97 Å². The molecule has 6 heteroatoms. The molecule has 0 unspecified atom stereocenters. The number of hydrogen-bond donors (Lipinski definition) is 0.